The van der Waals surface area contributed by atoms with Crippen molar-refractivity contribution in [1.82, 2.24) is 10.6 Å². The van der Waals surface area contributed by atoms with Gasteiger partial charge in [-0.1, -0.05) is 12.8 Å². The lowest BCUT2D eigenvalue weighted by Crippen LogP contribution is -2.49. The summed E-state index contributed by atoms with van der Waals surface area (Å²) < 4.78 is 5.46. The second-order valence-electron chi connectivity index (χ2n) is 6.38. The van der Waals surface area contributed by atoms with Crippen LogP contribution in [0, 0.1) is 0 Å². The van der Waals surface area contributed by atoms with E-state index in [0.717, 1.165) is 19.4 Å². The van der Waals surface area contributed by atoms with Crippen molar-refractivity contribution in [1.29, 1.82) is 0 Å². The largest absolute Gasteiger partial charge is 0.386 e. The standard InChI is InChI=1S/C15H30N2O2/c1-12(10-14-6-4-3-5-8-16-14)17-11-15(18)7-9-19-13(15)2/h12-14,16-18H,3-11H2,1-2H3. The van der Waals surface area contributed by atoms with E-state index in [9.17, 15) is 5.11 Å². The number of hydrogen-bond donors (Lipinski definition) is 3. The summed E-state index contributed by atoms with van der Waals surface area (Å²) in [6.07, 6.45) is 7.14. The van der Waals surface area contributed by atoms with E-state index < -0.39 is 5.60 Å². The number of nitrogens with one attached hydrogen (secondary N) is 2. The molecular formula is C15H30N2O2. The predicted octanol–water partition coefficient (Wildman–Crippen LogP) is 1.43. The molecule has 112 valence electrons. The molecule has 4 heteroatoms. The lowest BCUT2D eigenvalue weighted by molar-refractivity contribution is -0.0276. The van der Waals surface area contributed by atoms with Gasteiger partial charge in [0.05, 0.1) is 6.10 Å². The third kappa shape index (κ3) is 4.42. The highest BCUT2D eigenvalue weighted by atomic mass is 16.5. The molecule has 0 aliphatic carbocycles. The van der Waals surface area contributed by atoms with Gasteiger partial charge in [0.15, 0.2) is 0 Å². The number of aliphatic hydroxyl groups is 1. The van der Waals surface area contributed by atoms with Crippen molar-refractivity contribution in [2.24, 2.45) is 0 Å². The summed E-state index contributed by atoms with van der Waals surface area (Å²) in [7, 11) is 0. The van der Waals surface area contributed by atoms with Crippen LogP contribution in [0.25, 0.3) is 0 Å². The van der Waals surface area contributed by atoms with Crippen LogP contribution >= 0.6 is 0 Å². The Bertz CT molecular complexity index is 267. The molecule has 2 heterocycles. The van der Waals surface area contributed by atoms with E-state index in [1.165, 1.54) is 25.7 Å². The van der Waals surface area contributed by atoms with Crippen LogP contribution in [0.1, 0.15) is 52.4 Å². The van der Waals surface area contributed by atoms with Gasteiger partial charge in [0.1, 0.15) is 5.60 Å². The Morgan fingerprint density at radius 1 is 1.42 bits per heavy atom. The fourth-order valence-electron chi connectivity index (χ4n) is 3.17. The third-order valence-corrected chi connectivity index (χ3v) is 4.72. The molecule has 0 aromatic rings. The van der Waals surface area contributed by atoms with Gasteiger partial charge in [0.2, 0.25) is 0 Å². The van der Waals surface area contributed by atoms with E-state index in [0.29, 0.717) is 25.2 Å². The lowest BCUT2D eigenvalue weighted by atomic mass is 9.95. The van der Waals surface area contributed by atoms with E-state index in [-0.39, 0.29) is 6.10 Å². The van der Waals surface area contributed by atoms with Crippen molar-refractivity contribution in [3.63, 3.8) is 0 Å². The maximum absolute atomic E-state index is 10.5. The smallest absolute Gasteiger partial charge is 0.105 e. The van der Waals surface area contributed by atoms with Crippen molar-refractivity contribution in [3.8, 4) is 0 Å². The monoisotopic (exact) mass is 270 g/mol. The summed E-state index contributed by atoms with van der Waals surface area (Å²) in [4.78, 5) is 0. The van der Waals surface area contributed by atoms with Gasteiger partial charge in [0.25, 0.3) is 0 Å². The number of ether oxygens (including phenoxy) is 1. The molecule has 2 saturated heterocycles. The minimum atomic E-state index is -0.675. The summed E-state index contributed by atoms with van der Waals surface area (Å²) in [6.45, 7) is 6.66. The van der Waals surface area contributed by atoms with Gasteiger partial charge in [-0.25, -0.2) is 0 Å². The SMILES string of the molecule is CC(CC1CCCCCN1)NCC1(O)CCOC1C. The molecule has 4 nitrogen and oxygen atoms in total. The van der Waals surface area contributed by atoms with Gasteiger partial charge < -0.3 is 20.5 Å². The fraction of sp³-hybridized carbons (Fsp3) is 1.00. The average Bonchev–Trinajstić information content (AvgIpc) is 2.58. The fourth-order valence-corrected chi connectivity index (χ4v) is 3.17. The highest BCUT2D eigenvalue weighted by Crippen LogP contribution is 2.25. The first-order valence-electron chi connectivity index (χ1n) is 7.91. The first-order valence-corrected chi connectivity index (χ1v) is 7.91. The van der Waals surface area contributed by atoms with E-state index in [1.807, 2.05) is 6.92 Å². The zero-order valence-corrected chi connectivity index (χ0v) is 12.5. The quantitative estimate of drug-likeness (QED) is 0.707. The molecule has 0 aromatic carbocycles. The number of rotatable bonds is 5. The summed E-state index contributed by atoms with van der Waals surface area (Å²) in [5.41, 5.74) is -0.675. The molecule has 2 rings (SSSR count). The second-order valence-corrected chi connectivity index (χ2v) is 6.38. The molecule has 0 saturated carbocycles. The molecular weight excluding hydrogens is 240 g/mol. The zero-order chi connectivity index (χ0) is 13.7. The van der Waals surface area contributed by atoms with Crippen molar-refractivity contribution >= 4 is 0 Å². The predicted molar refractivity (Wildman–Crippen MR) is 77.3 cm³/mol. The molecule has 4 unspecified atom stereocenters. The van der Waals surface area contributed by atoms with Crippen LogP contribution in [0.15, 0.2) is 0 Å². The van der Waals surface area contributed by atoms with Crippen LogP contribution < -0.4 is 10.6 Å². The Balaban J connectivity index is 1.70. The van der Waals surface area contributed by atoms with Gasteiger partial charge in [-0.15, -0.1) is 0 Å². The normalized spacial score (nSPS) is 38.1. The molecule has 2 aliphatic rings. The molecule has 0 spiro atoms. The minimum Gasteiger partial charge on any atom is -0.386 e. The van der Waals surface area contributed by atoms with Gasteiger partial charge in [-0.2, -0.15) is 0 Å². The van der Waals surface area contributed by atoms with Gasteiger partial charge >= 0.3 is 0 Å². The molecule has 0 bridgehead atoms. The van der Waals surface area contributed by atoms with Gasteiger partial charge in [-0.3, -0.25) is 0 Å². The van der Waals surface area contributed by atoms with Crippen LogP contribution in [0.3, 0.4) is 0 Å². The van der Waals surface area contributed by atoms with Crippen LogP contribution in [0.5, 0.6) is 0 Å². The van der Waals surface area contributed by atoms with Crippen molar-refractivity contribution in [3.05, 3.63) is 0 Å². The van der Waals surface area contributed by atoms with E-state index >= 15 is 0 Å². The van der Waals surface area contributed by atoms with E-state index in [1.54, 1.807) is 0 Å². The molecule has 2 fully saturated rings. The van der Waals surface area contributed by atoms with Gasteiger partial charge in [-0.05, 0) is 39.7 Å². The molecule has 4 atom stereocenters. The summed E-state index contributed by atoms with van der Waals surface area (Å²) in [5, 5.41) is 17.6. The van der Waals surface area contributed by atoms with E-state index in [4.69, 9.17) is 4.74 Å². The van der Waals surface area contributed by atoms with E-state index in [2.05, 4.69) is 17.6 Å². The van der Waals surface area contributed by atoms with Crippen molar-refractivity contribution in [2.75, 3.05) is 19.7 Å². The summed E-state index contributed by atoms with van der Waals surface area (Å²) in [6, 6.07) is 1.07. The third-order valence-electron chi connectivity index (χ3n) is 4.72. The molecule has 0 radical (unpaired) electrons. The minimum absolute atomic E-state index is 0.0526. The molecule has 2 aliphatic heterocycles. The van der Waals surface area contributed by atoms with Crippen molar-refractivity contribution in [2.45, 2.75) is 76.2 Å². The Hall–Kier alpha value is -0.160. The van der Waals surface area contributed by atoms with Crippen LogP contribution in [0.2, 0.25) is 0 Å². The second kappa shape index (κ2) is 7.02. The average molecular weight is 270 g/mol. The summed E-state index contributed by atoms with van der Waals surface area (Å²) >= 11 is 0. The maximum Gasteiger partial charge on any atom is 0.105 e. The van der Waals surface area contributed by atoms with Crippen LogP contribution in [0.4, 0.5) is 0 Å². The molecule has 3 N–H and O–H groups in total. The molecule has 0 aromatic heterocycles. The van der Waals surface area contributed by atoms with Gasteiger partial charge in [0, 0.05) is 31.7 Å². The van der Waals surface area contributed by atoms with Crippen LogP contribution in [-0.2, 0) is 4.74 Å². The molecule has 0 amide bonds. The highest BCUT2D eigenvalue weighted by Gasteiger charge is 2.39. The Labute approximate surface area is 117 Å². The number of hydrogen-bond acceptors (Lipinski definition) is 4. The Morgan fingerprint density at radius 3 is 3.00 bits per heavy atom. The maximum atomic E-state index is 10.5. The lowest BCUT2D eigenvalue weighted by Gasteiger charge is -2.29. The Kier molecular flexibility index (Phi) is 5.63. The van der Waals surface area contributed by atoms with Crippen LogP contribution in [-0.4, -0.2) is 48.6 Å². The summed E-state index contributed by atoms with van der Waals surface area (Å²) in [5.74, 6) is 0. The highest BCUT2D eigenvalue weighted by molar-refractivity contribution is 4.92. The first-order chi connectivity index (χ1) is 9.10. The Morgan fingerprint density at radius 2 is 2.26 bits per heavy atom. The topological polar surface area (TPSA) is 53.5 Å². The zero-order valence-electron chi connectivity index (χ0n) is 12.5. The first kappa shape index (κ1) is 15.2. The van der Waals surface area contributed by atoms with Crippen molar-refractivity contribution < 1.29 is 9.84 Å². The molecule has 19 heavy (non-hydrogen) atoms.